The van der Waals surface area contributed by atoms with Crippen molar-refractivity contribution in [2.75, 3.05) is 6.61 Å². The van der Waals surface area contributed by atoms with Gasteiger partial charge in [-0.15, -0.1) is 0 Å². The van der Waals surface area contributed by atoms with Gasteiger partial charge in [0, 0.05) is 0 Å². The Balaban J connectivity index is 2.40. The molecule has 0 aromatic heterocycles. The quantitative estimate of drug-likeness (QED) is 0.660. The fraction of sp³-hybridized carbons (Fsp3) is 0.300. The van der Waals surface area contributed by atoms with Gasteiger partial charge in [0.2, 0.25) is 3.79 Å². The van der Waals surface area contributed by atoms with Crippen LogP contribution in [0.1, 0.15) is 0 Å². The Hall–Kier alpha value is -0.750. The molecule has 0 aliphatic heterocycles. The minimum absolute atomic E-state index is 0.301. The van der Waals surface area contributed by atoms with Crippen LogP contribution in [-0.2, 0) is 4.79 Å². The van der Waals surface area contributed by atoms with Gasteiger partial charge in [0.25, 0.3) is 5.91 Å². The predicted octanol–water partition coefficient (Wildman–Crippen LogP) is 2.01. The first-order chi connectivity index (χ1) is 8.29. The molecular weight excluding hydrogens is 307 g/mol. The summed E-state index contributed by atoms with van der Waals surface area (Å²) in [5, 5.41) is 11.3. The van der Waals surface area contributed by atoms with E-state index in [2.05, 4.69) is 0 Å². The molecule has 0 fully saturated rings. The molecule has 0 unspecified atom stereocenters. The first-order valence-corrected chi connectivity index (χ1v) is 5.85. The number of hydrogen-bond donors (Lipinski definition) is 2. The van der Waals surface area contributed by atoms with Crippen LogP contribution in [-0.4, -0.2) is 27.6 Å². The third-order valence-electron chi connectivity index (χ3n) is 1.79. The van der Waals surface area contributed by atoms with E-state index in [0.29, 0.717) is 5.75 Å². The number of aliphatic hydroxyl groups excluding tert-OH is 1. The van der Waals surface area contributed by atoms with Crippen LogP contribution < -0.4 is 10.1 Å². The van der Waals surface area contributed by atoms with Crippen LogP contribution in [0.4, 0.5) is 4.39 Å². The standard InChI is InChI=1S/C10H9Cl3FNO3/c11-10(12,13)9(17)15-8(16)5-18-7-3-1-6(14)2-4-7/h1-4,9,17H,5H2,(H,15,16)/t9-/m1/s1. The molecule has 1 amide bonds. The molecule has 0 bridgehead atoms. The molecule has 0 saturated heterocycles. The number of halogens is 4. The average Bonchev–Trinajstić information content (AvgIpc) is 2.27. The molecular formula is C10H9Cl3FNO3. The van der Waals surface area contributed by atoms with Gasteiger partial charge in [0.15, 0.2) is 12.8 Å². The van der Waals surface area contributed by atoms with E-state index in [-0.39, 0.29) is 0 Å². The van der Waals surface area contributed by atoms with Crippen molar-refractivity contribution in [2.24, 2.45) is 0 Å². The van der Waals surface area contributed by atoms with Crippen LogP contribution in [0.3, 0.4) is 0 Å². The second-order valence-corrected chi connectivity index (χ2v) is 5.62. The lowest BCUT2D eigenvalue weighted by atomic mass is 10.3. The van der Waals surface area contributed by atoms with Gasteiger partial charge >= 0.3 is 0 Å². The molecule has 0 heterocycles. The molecule has 1 atom stereocenters. The molecule has 0 aliphatic carbocycles. The topological polar surface area (TPSA) is 58.6 Å². The summed E-state index contributed by atoms with van der Waals surface area (Å²) < 4.78 is 15.6. The molecule has 1 rings (SSSR count). The lowest BCUT2D eigenvalue weighted by Crippen LogP contribution is -2.45. The summed E-state index contributed by atoms with van der Waals surface area (Å²) in [6, 6.07) is 5.08. The molecule has 18 heavy (non-hydrogen) atoms. The second-order valence-electron chi connectivity index (χ2n) is 3.25. The Morgan fingerprint density at radius 3 is 2.44 bits per heavy atom. The number of ether oxygens (including phenoxy) is 1. The largest absolute Gasteiger partial charge is 0.484 e. The highest BCUT2D eigenvalue weighted by Gasteiger charge is 2.32. The average molecular weight is 317 g/mol. The predicted molar refractivity (Wildman–Crippen MR) is 66.3 cm³/mol. The molecule has 0 saturated carbocycles. The van der Waals surface area contributed by atoms with E-state index in [1.807, 2.05) is 5.32 Å². The van der Waals surface area contributed by atoms with Gasteiger partial charge in [-0.25, -0.2) is 4.39 Å². The van der Waals surface area contributed by atoms with Gasteiger partial charge < -0.3 is 15.2 Å². The molecule has 1 aromatic carbocycles. The van der Waals surface area contributed by atoms with Crippen molar-refractivity contribution in [3.05, 3.63) is 30.1 Å². The maximum atomic E-state index is 12.6. The first kappa shape index (κ1) is 15.3. The summed E-state index contributed by atoms with van der Waals surface area (Å²) in [4.78, 5) is 11.3. The Morgan fingerprint density at radius 2 is 1.94 bits per heavy atom. The number of carbonyl (C=O) groups is 1. The zero-order chi connectivity index (χ0) is 13.8. The zero-order valence-electron chi connectivity index (χ0n) is 8.87. The van der Waals surface area contributed by atoms with Crippen LogP contribution in [0, 0.1) is 5.82 Å². The highest BCUT2D eigenvalue weighted by atomic mass is 35.6. The molecule has 100 valence electrons. The number of hydrogen-bond acceptors (Lipinski definition) is 3. The monoisotopic (exact) mass is 315 g/mol. The van der Waals surface area contributed by atoms with Crippen LogP contribution in [0.5, 0.6) is 5.75 Å². The van der Waals surface area contributed by atoms with Crippen molar-refractivity contribution in [1.29, 1.82) is 0 Å². The van der Waals surface area contributed by atoms with Crippen molar-refractivity contribution in [2.45, 2.75) is 10.0 Å². The molecule has 0 aliphatic rings. The van der Waals surface area contributed by atoms with Gasteiger partial charge in [-0.05, 0) is 24.3 Å². The van der Waals surface area contributed by atoms with E-state index in [1.165, 1.54) is 24.3 Å². The molecule has 1 aromatic rings. The Kier molecular flexibility index (Phi) is 5.47. The van der Waals surface area contributed by atoms with E-state index in [1.54, 1.807) is 0 Å². The maximum absolute atomic E-state index is 12.6. The van der Waals surface area contributed by atoms with Gasteiger partial charge in [-0.1, -0.05) is 34.8 Å². The summed E-state index contributed by atoms with van der Waals surface area (Å²) in [6.07, 6.45) is -1.65. The van der Waals surface area contributed by atoms with Crippen LogP contribution >= 0.6 is 34.8 Å². The second kappa shape index (κ2) is 6.43. The van der Waals surface area contributed by atoms with Crippen molar-refractivity contribution in [3.8, 4) is 5.75 Å². The van der Waals surface area contributed by atoms with E-state index in [9.17, 15) is 14.3 Å². The highest BCUT2D eigenvalue weighted by Crippen LogP contribution is 2.28. The van der Waals surface area contributed by atoms with Crippen molar-refractivity contribution < 1.29 is 19.0 Å². The fourth-order valence-electron chi connectivity index (χ4n) is 0.956. The lowest BCUT2D eigenvalue weighted by molar-refractivity contribution is -0.126. The molecule has 2 N–H and O–H groups in total. The summed E-state index contributed by atoms with van der Waals surface area (Å²) in [5.74, 6) is -0.800. The SMILES string of the molecule is O=C(COc1ccc(F)cc1)N[C@H](O)C(Cl)(Cl)Cl. The number of nitrogens with one attached hydrogen (secondary N) is 1. The van der Waals surface area contributed by atoms with Crippen LogP contribution in [0.25, 0.3) is 0 Å². The maximum Gasteiger partial charge on any atom is 0.260 e. The number of carbonyl (C=O) groups excluding carboxylic acids is 1. The zero-order valence-corrected chi connectivity index (χ0v) is 11.1. The Morgan fingerprint density at radius 1 is 1.39 bits per heavy atom. The van der Waals surface area contributed by atoms with Crippen molar-refractivity contribution in [3.63, 3.8) is 0 Å². The van der Waals surface area contributed by atoms with E-state index in [4.69, 9.17) is 39.5 Å². The lowest BCUT2D eigenvalue weighted by Gasteiger charge is -2.19. The minimum Gasteiger partial charge on any atom is -0.484 e. The smallest absolute Gasteiger partial charge is 0.260 e. The normalized spacial score (nSPS) is 12.9. The number of alkyl halides is 3. The first-order valence-electron chi connectivity index (χ1n) is 4.71. The van der Waals surface area contributed by atoms with Crippen molar-refractivity contribution in [1.82, 2.24) is 5.32 Å². The number of amides is 1. The summed E-state index contributed by atoms with van der Waals surface area (Å²) in [7, 11) is 0. The third kappa shape index (κ3) is 5.27. The Labute approximate surface area is 118 Å². The highest BCUT2D eigenvalue weighted by molar-refractivity contribution is 6.68. The van der Waals surface area contributed by atoms with Crippen LogP contribution in [0.15, 0.2) is 24.3 Å². The number of aliphatic hydroxyl groups is 1. The molecule has 4 nitrogen and oxygen atoms in total. The fourth-order valence-corrected chi connectivity index (χ4v) is 1.12. The Bertz CT molecular complexity index is 408. The molecule has 0 radical (unpaired) electrons. The molecule has 8 heteroatoms. The van der Waals surface area contributed by atoms with Gasteiger partial charge in [-0.3, -0.25) is 4.79 Å². The van der Waals surface area contributed by atoms with Crippen molar-refractivity contribution >= 4 is 40.7 Å². The van der Waals surface area contributed by atoms with E-state index in [0.717, 1.165) is 0 Å². The minimum atomic E-state index is -2.02. The summed E-state index contributed by atoms with van der Waals surface area (Å²) in [6.45, 7) is -0.399. The molecule has 0 spiro atoms. The number of benzene rings is 1. The third-order valence-corrected chi connectivity index (χ3v) is 2.41. The summed E-state index contributed by atoms with van der Waals surface area (Å²) >= 11 is 16.0. The van der Waals surface area contributed by atoms with Gasteiger partial charge in [-0.2, -0.15) is 0 Å². The van der Waals surface area contributed by atoms with E-state index >= 15 is 0 Å². The van der Waals surface area contributed by atoms with Gasteiger partial charge in [0.05, 0.1) is 0 Å². The van der Waals surface area contributed by atoms with Gasteiger partial charge in [0.1, 0.15) is 11.6 Å². The van der Waals surface area contributed by atoms with Crippen LogP contribution in [0.2, 0.25) is 0 Å². The van der Waals surface area contributed by atoms with E-state index < -0.39 is 28.4 Å². The number of rotatable bonds is 4. The summed E-state index contributed by atoms with van der Waals surface area (Å²) in [5.41, 5.74) is 0.